The summed E-state index contributed by atoms with van der Waals surface area (Å²) in [6.07, 6.45) is 9.70. The fraction of sp³-hybridized carbons (Fsp3) is 0.318. The quantitative estimate of drug-likeness (QED) is 0.379. The zero-order valence-electron chi connectivity index (χ0n) is 15.9. The molecule has 2 nitrogen and oxygen atoms in total. The van der Waals surface area contributed by atoms with Crippen LogP contribution in [0.2, 0.25) is 19.6 Å². The highest BCUT2D eigenvalue weighted by atomic mass is 28.3. The molecule has 2 rings (SSSR count). The third-order valence-corrected chi connectivity index (χ3v) is 5.40. The highest BCUT2D eigenvalue weighted by Gasteiger charge is 2.24. The number of hydrogen-bond acceptors (Lipinski definition) is 2. The second kappa shape index (κ2) is 7.40. The summed E-state index contributed by atoms with van der Waals surface area (Å²) in [4.78, 5) is 11.7. The molecular weight excluding hydrogens is 324 g/mol. The van der Waals surface area contributed by atoms with Crippen molar-refractivity contribution in [3.05, 3.63) is 77.5 Å². The van der Waals surface area contributed by atoms with E-state index in [1.165, 1.54) is 18.3 Å². The van der Waals surface area contributed by atoms with E-state index in [1.807, 2.05) is 30.3 Å². The maximum atomic E-state index is 11.7. The van der Waals surface area contributed by atoms with E-state index in [0.717, 1.165) is 12.0 Å². The largest absolute Gasteiger partial charge is 0.465 e. The lowest BCUT2D eigenvalue weighted by Crippen LogP contribution is -2.19. The van der Waals surface area contributed by atoms with Crippen molar-refractivity contribution >= 4 is 19.6 Å². The lowest BCUT2D eigenvalue weighted by molar-refractivity contribution is 0.0600. The fourth-order valence-corrected chi connectivity index (χ4v) is 4.20. The van der Waals surface area contributed by atoms with Crippen LogP contribution in [0.15, 0.2) is 66.4 Å². The zero-order chi connectivity index (χ0) is 18.7. The Morgan fingerprint density at radius 1 is 1.24 bits per heavy atom. The normalized spacial score (nSPS) is 21.8. The van der Waals surface area contributed by atoms with Gasteiger partial charge >= 0.3 is 5.97 Å². The molecule has 0 aromatic heterocycles. The van der Waals surface area contributed by atoms with Gasteiger partial charge in [-0.25, -0.2) is 4.79 Å². The number of benzene rings is 1. The van der Waals surface area contributed by atoms with Crippen LogP contribution in [-0.2, 0) is 4.74 Å². The predicted molar refractivity (Wildman–Crippen MR) is 109 cm³/mol. The first-order valence-corrected chi connectivity index (χ1v) is 12.2. The van der Waals surface area contributed by atoms with Gasteiger partial charge in [-0.15, -0.1) is 6.58 Å². The predicted octanol–water partition coefficient (Wildman–Crippen LogP) is 5.81. The van der Waals surface area contributed by atoms with Gasteiger partial charge in [0.2, 0.25) is 0 Å². The van der Waals surface area contributed by atoms with E-state index in [0.29, 0.717) is 5.56 Å². The Labute approximate surface area is 152 Å². The number of rotatable bonds is 5. The van der Waals surface area contributed by atoms with Crippen LogP contribution in [0.4, 0.5) is 0 Å². The summed E-state index contributed by atoms with van der Waals surface area (Å²) in [5.41, 5.74) is 6.59. The zero-order valence-corrected chi connectivity index (χ0v) is 16.9. The van der Waals surface area contributed by atoms with Crippen LogP contribution >= 0.6 is 0 Å². The molecule has 1 aliphatic carbocycles. The van der Waals surface area contributed by atoms with E-state index in [1.54, 1.807) is 0 Å². The number of ether oxygens (including phenoxy) is 1. The molecule has 1 aromatic carbocycles. The van der Waals surface area contributed by atoms with E-state index >= 15 is 0 Å². The number of allylic oxidation sites excluding steroid dienone is 6. The van der Waals surface area contributed by atoms with Gasteiger partial charge in [-0.05, 0) is 35.3 Å². The van der Waals surface area contributed by atoms with E-state index in [4.69, 9.17) is 4.74 Å². The van der Waals surface area contributed by atoms with Crippen molar-refractivity contribution in [2.45, 2.75) is 33.0 Å². The summed E-state index contributed by atoms with van der Waals surface area (Å²) in [5, 5.41) is 0. The summed E-state index contributed by atoms with van der Waals surface area (Å²) >= 11 is 0. The first-order valence-electron chi connectivity index (χ1n) is 8.62. The Hall–Kier alpha value is -2.13. The fourth-order valence-electron chi connectivity index (χ4n) is 3.02. The molecule has 0 aliphatic heterocycles. The van der Waals surface area contributed by atoms with Crippen LogP contribution in [0.25, 0.3) is 5.57 Å². The van der Waals surface area contributed by atoms with Gasteiger partial charge < -0.3 is 4.74 Å². The van der Waals surface area contributed by atoms with Gasteiger partial charge in [-0.2, -0.15) is 0 Å². The molecule has 132 valence electrons. The van der Waals surface area contributed by atoms with Gasteiger partial charge in [-0.1, -0.05) is 68.7 Å². The van der Waals surface area contributed by atoms with Crippen LogP contribution in [-0.4, -0.2) is 21.2 Å². The molecule has 0 saturated carbocycles. The Kier molecular flexibility index (Phi) is 5.68. The standard InChI is InChI=1S/C22H28O2Si/c1-7-13-22(2)14-12-19(16-25(4,5)6)20(15-22)17-8-10-18(11-9-17)21(23)24-3/h7-12,14-16H,1,13H2,2-6H3/b19-16+. The molecular formula is C22H28O2Si. The lowest BCUT2D eigenvalue weighted by atomic mass is 9.77. The van der Waals surface area contributed by atoms with Crippen molar-refractivity contribution in [1.82, 2.24) is 0 Å². The molecule has 25 heavy (non-hydrogen) atoms. The van der Waals surface area contributed by atoms with Gasteiger partial charge in [-0.3, -0.25) is 0 Å². The van der Waals surface area contributed by atoms with Crippen LogP contribution in [0.5, 0.6) is 0 Å². The Balaban J connectivity index is 2.50. The third kappa shape index (κ3) is 4.92. The van der Waals surface area contributed by atoms with Crippen LogP contribution in [0.3, 0.4) is 0 Å². The molecule has 0 N–H and O–H groups in total. The molecule has 1 unspecified atom stereocenters. The minimum absolute atomic E-state index is 0.0329. The smallest absolute Gasteiger partial charge is 0.337 e. The summed E-state index contributed by atoms with van der Waals surface area (Å²) in [5.74, 6) is -0.307. The van der Waals surface area contributed by atoms with Gasteiger partial charge in [0.05, 0.1) is 20.7 Å². The minimum Gasteiger partial charge on any atom is -0.465 e. The highest BCUT2D eigenvalue weighted by Crippen LogP contribution is 2.39. The van der Waals surface area contributed by atoms with E-state index in [-0.39, 0.29) is 11.4 Å². The SMILES string of the molecule is C=CCC1(C)C=C/C(=C\[Si](C)(C)C)C(c2ccc(C(=O)OC)cc2)=C1. The average molecular weight is 353 g/mol. The van der Waals surface area contributed by atoms with E-state index in [9.17, 15) is 4.79 Å². The molecule has 0 fully saturated rings. The molecule has 0 heterocycles. The summed E-state index contributed by atoms with van der Waals surface area (Å²) in [6.45, 7) is 13.1. The first kappa shape index (κ1) is 19.2. The minimum atomic E-state index is -1.37. The van der Waals surface area contributed by atoms with Gasteiger partial charge in [0, 0.05) is 5.41 Å². The lowest BCUT2D eigenvalue weighted by Gasteiger charge is -2.28. The number of carbonyl (C=O) groups is 1. The van der Waals surface area contributed by atoms with E-state index < -0.39 is 8.07 Å². The monoisotopic (exact) mass is 352 g/mol. The van der Waals surface area contributed by atoms with Crippen molar-refractivity contribution in [3.63, 3.8) is 0 Å². The van der Waals surface area contributed by atoms with Crippen LogP contribution in [0, 0.1) is 5.41 Å². The first-order chi connectivity index (χ1) is 11.7. The Morgan fingerprint density at radius 3 is 2.40 bits per heavy atom. The highest BCUT2D eigenvalue weighted by molar-refractivity contribution is 6.81. The van der Waals surface area contributed by atoms with Crippen LogP contribution < -0.4 is 0 Å². The summed E-state index contributed by atoms with van der Waals surface area (Å²) < 4.78 is 4.79. The molecule has 1 aromatic rings. The van der Waals surface area contributed by atoms with Gasteiger partial charge in [0.15, 0.2) is 0 Å². The second-order valence-electron chi connectivity index (χ2n) is 7.92. The molecule has 0 radical (unpaired) electrons. The molecule has 0 saturated heterocycles. The van der Waals surface area contributed by atoms with Crippen molar-refractivity contribution in [2.24, 2.45) is 5.41 Å². The van der Waals surface area contributed by atoms with Crippen molar-refractivity contribution in [3.8, 4) is 0 Å². The topological polar surface area (TPSA) is 26.3 Å². The molecule has 0 spiro atoms. The molecule has 1 atom stereocenters. The van der Waals surface area contributed by atoms with Gasteiger partial charge in [0.25, 0.3) is 0 Å². The second-order valence-corrected chi connectivity index (χ2v) is 12.9. The van der Waals surface area contributed by atoms with Crippen molar-refractivity contribution < 1.29 is 9.53 Å². The van der Waals surface area contributed by atoms with Crippen LogP contribution in [0.1, 0.15) is 29.3 Å². The maximum absolute atomic E-state index is 11.7. The Bertz CT molecular complexity index is 745. The van der Waals surface area contributed by atoms with Gasteiger partial charge in [0.1, 0.15) is 0 Å². The molecule has 0 amide bonds. The third-order valence-electron chi connectivity index (χ3n) is 4.22. The molecule has 0 bridgehead atoms. The Morgan fingerprint density at radius 2 is 1.88 bits per heavy atom. The number of methoxy groups -OCH3 is 1. The summed E-state index contributed by atoms with van der Waals surface area (Å²) in [7, 11) is 0.0359. The van der Waals surface area contributed by atoms with E-state index in [2.05, 4.69) is 57.1 Å². The molecule has 3 heteroatoms. The number of hydrogen-bond donors (Lipinski definition) is 0. The number of esters is 1. The number of carbonyl (C=O) groups excluding carboxylic acids is 1. The van der Waals surface area contributed by atoms with Crippen molar-refractivity contribution in [1.29, 1.82) is 0 Å². The van der Waals surface area contributed by atoms with Crippen molar-refractivity contribution in [2.75, 3.05) is 7.11 Å². The average Bonchev–Trinajstić information content (AvgIpc) is 2.55. The maximum Gasteiger partial charge on any atom is 0.337 e. The summed E-state index contributed by atoms with van der Waals surface area (Å²) in [6, 6.07) is 7.67. The molecule has 1 aliphatic rings.